The topological polar surface area (TPSA) is 114 Å². The number of amidine groups is 1. The van der Waals surface area contributed by atoms with E-state index in [0.29, 0.717) is 23.5 Å². The number of carboxylic acids is 1. The second-order valence-corrected chi connectivity index (χ2v) is 5.95. The van der Waals surface area contributed by atoms with E-state index < -0.39 is 12.1 Å². The van der Waals surface area contributed by atoms with Gasteiger partial charge in [0.15, 0.2) is 0 Å². The fourth-order valence-corrected chi connectivity index (χ4v) is 2.75. The van der Waals surface area contributed by atoms with E-state index in [1.165, 1.54) is 0 Å². The first-order valence-corrected chi connectivity index (χ1v) is 8.41. The van der Waals surface area contributed by atoms with Gasteiger partial charge >= 0.3 is 12.1 Å². The van der Waals surface area contributed by atoms with Gasteiger partial charge < -0.3 is 15.6 Å². The van der Waals surface area contributed by atoms with Crippen molar-refractivity contribution in [2.45, 2.75) is 13.3 Å². The van der Waals surface area contributed by atoms with Crippen LogP contribution in [-0.4, -0.2) is 29.6 Å². The molecule has 2 aromatic carbocycles. The first-order valence-electron chi connectivity index (χ1n) is 8.41. The third kappa shape index (κ3) is 4.33. The van der Waals surface area contributed by atoms with Gasteiger partial charge in [-0.25, -0.2) is 14.6 Å². The number of fused-ring (bicyclic) bond motifs is 1. The van der Waals surface area contributed by atoms with Crippen molar-refractivity contribution >= 4 is 35.3 Å². The minimum Gasteiger partial charge on any atom is -0.478 e. The Balaban J connectivity index is 1.90. The zero-order chi connectivity index (χ0) is 19.4. The second-order valence-electron chi connectivity index (χ2n) is 5.95. The van der Waals surface area contributed by atoms with E-state index in [0.717, 1.165) is 11.1 Å². The van der Waals surface area contributed by atoms with Gasteiger partial charge in [0.05, 0.1) is 12.3 Å². The summed E-state index contributed by atoms with van der Waals surface area (Å²) in [6.45, 7) is 2.04. The van der Waals surface area contributed by atoms with Crippen LogP contribution in [0.3, 0.4) is 0 Å². The van der Waals surface area contributed by atoms with Crippen molar-refractivity contribution in [2.75, 3.05) is 11.9 Å². The Kier molecular flexibility index (Phi) is 5.21. The summed E-state index contributed by atoms with van der Waals surface area (Å²) >= 11 is 0. The molecule has 2 aromatic rings. The largest absolute Gasteiger partial charge is 0.478 e. The fourth-order valence-electron chi connectivity index (χ4n) is 2.75. The van der Waals surface area contributed by atoms with Gasteiger partial charge in [-0.15, -0.1) is 0 Å². The molecule has 7 nitrogen and oxygen atoms in total. The predicted molar refractivity (Wildman–Crippen MR) is 104 cm³/mol. The minimum absolute atomic E-state index is 0.105. The number of amides is 1. The van der Waals surface area contributed by atoms with Crippen LogP contribution in [-0.2, 0) is 9.53 Å². The Bertz CT molecular complexity index is 946. The van der Waals surface area contributed by atoms with Crippen molar-refractivity contribution in [3.63, 3.8) is 0 Å². The van der Waals surface area contributed by atoms with Crippen LogP contribution >= 0.6 is 0 Å². The molecule has 1 aliphatic rings. The van der Waals surface area contributed by atoms with Gasteiger partial charge in [-0.1, -0.05) is 18.2 Å². The molecule has 0 unspecified atom stereocenters. The van der Waals surface area contributed by atoms with Crippen LogP contribution in [0.2, 0.25) is 0 Å². The van der Waals surface area contributed by atoms with Crippen LogP contribution in [0.1, 0.15) is 18.9 Å². The highest BCUT2D eigenvalue weighted by Gasteiger charge is 2.15. The molecule has 27 heavy (non-hydrogen) atoms. The lowest BCUT2D eigenvalue weighted by Crippen LogP contribution is -2.14. The number of ether oxygens (including phenoxy) is 1. The van der Waals surface area contributed by atoms with E-state index in [1.54, 1.807) is 25.1 Å². The maximum atomic E-state index is 11.5. The predicted octanol–water partition coefficient (Wildman–Crippen LogP) is 3.78. The van der Waals surface area contributed by atoms with E-state index in [1.807, 2.05) is 30.3 Å². The van der Waals surface area contributed by atoms with Crippen molar-refractivity contribution in [3.05, 3.63) is 53.6 Å². The molecule has 4 N–H and O–H groups in total. The van der Waals surface area contributed by atoms with Gasteiger partial charge in [0.25, 0.3) is 0 Å². The molecule has 7 heteroatoms. The molecule has 1 heterocycles. The lowest BCUT2D eigenvalue weighted by atomic mass is 10.00. The maximum Gasteiger partial charge on any atom is 0.411 e. The molecule has 1 aliphatic heterocycles. The van der Waals surface area contributed by atoms with E-state index >= 15 is 0 Å². The summed E-state index contributed by atoms with van der Waals surface area (Å²) in [6, 6.07) is 12.8. The van der Waals surface area contributed by atoms with Crippen molar-refractivity contribution in [2.24, 2.45) is 10.7 Å². The average Bonchev–Trinajstić information content (AvgIpc) is 2.80. The summed E-state index contributed by atoms with van der Waals surface area (Å²) in [6.07, 6.45) is 1.20. The average molecular weight is 365 g/mol. The molecule has 0 saturated heterocycles. The van der Waals surface area contributed by atoms with Crippen LogP contribution in [0.25, 0.3) is 17.2 Å². The Morgan fingerprint density at radius 3 is 2.56 bits per heavy atom. The molecule has 0 aliphatic carbocycles. The van der Waals surface area contributed by atoms with Crippen molar-refractivity contribution < 1.29 is 19.4 Å². The molecule has 138 valence electrons. The van der Waals surface area contributed by atoms with Gasteiger partial charge in [0, 0.05) is 23.2 Å². The van der Waals surface area contributed by atoms with Crippen molar-refractivity contribution in [1.29, 1.82) is 0 Å². The number of aliphatic imine (C=N–C) groups is 1. The Labute approximate surface area is 156 Å². The van der Waals surface area contributed by atoms with Crippen LogP contribution in [0.4, 0.5) is 16.2 Å². The zero-order valence-corrected chi connectivity index (χ0v) is 14.7. The molecule has 0 fully saturated rings. The van der Waals surface area contributed by atoms with Crippen LogP contribution < -0.4 is 11.1 Å². The lowest BCUT2D eigenvalue weighted by Gasteiger charge is -2.08. The molecule has 3 rings (SSSR count). The highest BCUT2D eigenvalue weighted by atomic mass is 16.5. The molecule has 0 bridgehead atoms. The lowest BCUT2D eigenvalue weighted by molar-refractivity contribution is -0.132. The maximum absolute atomic E-state index is 11.5. The first-order chi connectivity index (χ1) is 13.0. The van der Waals surface area contributed by atoms with E-state index in [4.69, 9.17) is 10.5 Å². The molecule has 0 spiro atoms. The molecule has 0 radical (unpaired) electrons. The number of hydrogen-bond donors (Lipinski definition) is 3. The number of rotatable bonds is 4. The molecule has 0 aromatic heterocycles. The number of hydrogen-bond acceptors (Lipinski definition) is 5. The van der Waals surface area contributed by atoms with Crippen LogP contribution in [0.5, 0.6) is 0 Å². The minimum atomic E-state index is -1.01. The number of aliphatic carboxylic acids is 1. The molecule has 1 amide bonds. The smallest absolute Gasteiger partial charge is 0.411 e. The summed E-state index contributed by atoms with van der Waals surface area (Å²) in [5.74, 6) is -0.745. The quantitative estimate of drug-likeness (QED) is 0.763. The number of carboxylic acid groups (broad SMARTS) is 1. The van der Waals surface area contributed by atoms with Crippen molar-refractivity contribution in [1.82, 2.24) is 0 Å². The van der Waals surface area contributed by atoms with Crippen LogP contribution in [0, 0.1) is 0 Å². The summed E-state index contributed by atoms with van der Waals surface area (Å²) in [5.41, 5.74) is 9.76. The fraction of sp³-hybridized carbons (Fsp3) is 0.150. The number of nitrogens with zero attached hydrogens (tertiary/aromatic N) is 1. The second kappa shape index (κ2) is 7.74. The monoisotopic (exact) mass is 365 g/mol. The molecular weight excluding hydrogens is 346 g/mol. The number of carbonyl (C=O) groups is 2. The molecule has 0 saturated carbocycles. The number of nitrogens with two attached hydrogens (primary N) is 1. The Hall–Kier alpha value is -3.61. The molecule has 0 atom stereocenters. The zero-order valence-electron chi connectivity index (χ0n) is 14.7. The third-order valence-electron chi connectivity index (χ3n) is 4.01. The first kappa shape index (κ1) is 18.2. The van der Waals surface area contributed by atoms with Gasteiger partial charge in [0.2, 0.25) is 0 Å². The Morgan fingerprint density at radius 1 is 1.19 bits per heavy atom. The van der Waals surface area contributed by atoms with E-state index in [9.17, 15) is 14.7 Å². The highest BCUT2D eigenvalue weighted by Crippen LogP contribution is 2.31. The summed E-state index contributed by atoms with van der Waals surface area (Å²) in [5, 5.41) is 11.9. The molecular formula is C20H19N3O4. The van der Waals surface area contributed by atoms with Crippen LogP contribution in [0.15, 0.2) is 53.0 Å². The number of anilines is 1. The number of carbonyl (C=O) groups excluding carboxylic acids is 1. The summed E-state index contributed by atoms with van der Waals surface area (Å²) < 4.78 is 4.85. The van der Waals surface area contributed by atoms with E-state index in [-0.39, 0.29) is 17.8 Å². The van der Waals surface area contributed by atoms with Gasteiger partial charge in [-0.05, 0) is 48.4 Å². The van der Waals surface area contributed by atoms with Gasteiger partial charge in [-0.2, -0.15) is 0 Å². The number of nitrogens with one attached hydrogen (secondary N) is 1. The highest BCUT2D eigenvalue weighted by molar-refractivity contribution is 6.02. The van der Waals surface area contributed by atoms with Gasteiger partial charge in [-0.3, -0.25) is 5.32 Å². The third-order valence-corrected chi connectivity index (χ3v) is 4.01. The van der Waals surface area contributed by atoms with Gasteiger partial charge in [0.1, 0.15) is 5.84 Å². The standard InChI is InChI=1S/C20H19N3O4/c1-2-27-20(26)22-16-6-3-12(4-7-16)13-5-8-17-14(9-13)10-15(19(24)25)11-18(21)23-17/h3-10H,2,11H2,1H3,(H2,21,23)(H,22,26)(H,24,25). The summed E-state index contributed by atoms with van der Waals surface area (Å²) in [7, 11) is 0. The number of benzene rings is 2. The summed E-state index contributed by atoms with van der Waals surface area (Å²) in [4.78, 5) is 27.1. The Morgan fingerprint density at radius 2 is 1.89 bits per heavy atom. The normalized spacial score (nSPS) is 12.9. The van der Waals surface area contributed by atoms with E-state index in [2.05, 4.69) is 10.3 Å². The SMILES string of the molecule is CCOC(=O)Nc1ccc(-c2ccc3c(c2)C=C(C(=O)O)CC(N)=N3)cc1. The van der Waals surface area contributed by atoms with Crippen molar-refractivity contribution in [3.8, 4) is 11.1 Å².